The first-order valence-electron chi connectivity index (χ1n) is 8.67. The molecule has 2 aromatic carbocycles. The number of carbonyl (C=O) groups excluding carboxylic acids is 1. The van der Waals surface area contributed by atoms with E-state index >= 15 is 0 Å². The molecule has 1 heterocycles. The number of hydrogen-bond acceptors (Lipinski definition) is 2. The van der Waals surface area contributed by atoms with Crippen molar-refractivity contribution >= 4 is 17.6 Å². The van der Waals surface area contributed by atoms with Crippen molar-refractivity contribution in [2.24, 2.45) is 0 Å². The zero-order valence-electron chi connectivity index (χ0n) is 14.4. The Morgan fingerprint density at radius 2 is 1.69 bits per heavy atom. The van der Waals surface area contributed by atoms with Gasteiger partial charge in [0.15, 0.2) is 0 Å². The molecule has 2 amide bonds. The van der Waals surface area contributed by atoms with Crippen molar-refractivity contribution < 1.29 is 13.9 Å². The van der Waals surface area contributed by atoms with Crippen LogP contribution in [0, 0.1) is 5.82 Å². The van der Waals surface area contributed by atoms with Crippen LogP contribution in [0.2, 0.25) is 5.02 Å². The zero-order chi connectivity index (χ0) is 18.4. The third-order valence-corrected chi connectivity index (χ3v) is 5.11. The summed E-state index contributed by atoms with van der Waals surface area (Å²) in [7, 11) is 0. The molecule has 6 heteroatoms. The predicted molar refractivity (Wildman–Crippen MR) is 99.8 cm³/mol. The summed E-state index contributed by atoms with van der Waals surface area (Å²) in [6.45, 7) is 2.17. The van der Waals surface area contributed by atoms with Crippen molar-refractivity contribution in [3.63, 3.8) is 0 Å². The molecule has 0 aliphatic carbocycles. The smallest absolute Gasteiger partial charge is 0.315 e. The van der Waals surface area contributed by atoms with Crippen molar-refractivity contribution in [1.29, 1.82) is 0 Å². The van der Waals surface area contributed by atoms with Crippen molar-refractivity contribution in [2.75, 3.05) is 19.8 Å². The predicted octanol–water partition coefficient (Wildman–Crippen LogP) is 4.03. The van der Waals surface area contributed by atoms with Crippen LogP contribution in [-0.2, 0) is 16.7 Å². The summed E-state index contributed by atoms with van der Waals surface area (Å²) in [6.07, 6.45) is 1.58. The van der Waals surface area contributed by atoms with Gasteiger partial charge in [0.2, 0.25) is 0 Å². The lowest BCUT2D eigenvalue weighted by Gasteiger charge is -2.38. The van der Waals surface area contributed by atoms with Gasteiger partial charge in [-0.1, -0.05) is 35.9 Å². The highest BCUT2D eigenvalue weighted by Crippen LogP contribution is 2.34. The third-order valence-electron chi connectivity index (χ3n) is 4.86. The summed E-state index contributed by atoms with van der Waals surface area (Å²) in [4.78, 5) is 12.2. The summed E-state index contributed by atoms with van der Waals surface area (Å²) >= 11 is 5.86. The van der Waals surface area contributed by atoms with Crippen LogP contribution >= 0.6 is 11.6 Å². The van der Waals surface area contributed by atoms with Crippen molar-refractivity contribution in [1.82, 2.24) is 10.6 Å². The Morgan fingerprint density at radius 1 is 1.04 bits per heavy atom. The highest BCUT2D eigenvalue weighted by atomic mass is 35.5. The molecular formula is C20H22ClFN2O2. The minimum Gasteiger partial charge on any atom is -0.381 e. The summed E-state index contributed by atoms with van der Waals surface area (Å²) < 4.78 is 18.7. The van der Waals surface area contributed by atoms with Gasteiger partial charge in [0.1, 0.15) is 5.82 Å². The molecule has 0 aromatic heterocycles. The molecule has 3 rings (SSSR count). The van der Waals surface area contributed by atoms with E-state index in [0.717, 1.165) is 24.0 Å². The summed E-state index contributed by atoms with van der Waals surface area (Å²) in [5.41, 5.74) is 1.77. The Morgan fingerprint density at radius 3 is 2.35 bits per heavy atom. The van der Waals surface area contributed by atoms with Crippen LogP contribution < -0.4 is 10.6 Å². The fourth-order valence-corrected chi connectivity index (χ4v) is 3.36. The fraction of sp³-hybridized carbons (Fsp3) is 0.350. The second-order valence-electron chi connectivity index (χ2n) is 6.56. The number of urea groups is 1. The van der Waals surface area contributed by atoms with Gasteiger partial charge in [-0.15, -0.1) is 0 Å². The van der Waals surface area contributed by atoms with E-state index in [-0.39, 0.29) is 17.3 Å². The maximum atomic E-state index is 13.3. The normalized spacial score (nSPS) is 16.1. The van der Waals surface area contributed by atoms with E-state index in [9.17, 15) is 9.18 Å². The van der Waals surface area contributed by atoms with Crippen molar-refractivity contribution in [3.05, 3.63) is 70.5 Å². The number of benzene rings is 2. The number of rotatable bonds is 5. The van der Waals surface area contributed by atoms with E-state index in [0.29, 0.717) is 31.3 Å². The number of halogens is 2. The Hall–Kier alpha value is -2.11. The molecule has 0 saturated carbocycles. The second-order valence-corrected chi connectivity index (χ2v) is 7.00. The van der Waals surface area contributed by atoms with Gasteiger partial charge in [-0.25, -0.2) is 9.18 Å². The highest BCUT2D eigenvalue weighted by Gasteiger charge is 2.34. The molecule has 138 valence electrons. The number of hydrogen-bond donors (Lipinski definition) is 2. The second kappa shape index (κ2) is 8.52. The molecular weight excluding hydrogens is 355 g/mol. The molecule has 1 aliphatic heterocycles. The molecule has 26 heavy (non-hydrogen) atoms. The zero-order valence-corrected chi connectivity index (χ0v) is 15.2. The monoisotopic (exact) mass is 376 g/mol. The number of ether oxygens (including phenoxy) is 1. The Balaban J connectivity index is 1.59. The van der Waals surface area contributed by atoms with Gasteiger partial charge in [-0.05, 0) is 48.2 Å². The van der Waals surface area contributed by atoms with Gasteiger partial charge >= 0.3 is 6.03 Å². The number of amides is 2. The molecule has 1 aliphatic rings. The van der Waals surface area contributed by atoms with Crippen LogP contribution in [0.3, 0.4) is 0 Å². The topological polar surface area (TPSA) is 50.4 Å². The molecule has 0 radical (unpaired) electrons. The molecule has 0 bridgehead atoms. The SMILES string of the molecule is O=C(NCc1ccc(Cl)cc1)NCC1(c2ccc(F)cc2)CCOCC1. The average molecular weight is 377 g/mol. The Labute approximate surface area is 157 Å². The van der Waals surface area contributed by atoms with E-state index in [1.807, 2.05) is 12.1 Å². The van der Waals surface area contributed by atoms with Crippen LogP contribution in [0.25, 0.3) is 0 Å². The lowest BCUT2D eigenvalue weighted by Crippen LogP contribution is -2.47. The first kappa shape index (κ1) is 18.7. The first-order chi connectivity index (χ1) is 12.6. The lowest BCUT2D eigenvalue weighted by molar-refractivity contribution is 0.0506. The molecule has 0 unspecified atom stereocenters. The Bertz CT molecular complexity index is 728. The van der Waals surface area contributed by atoms with Gasteiger partial charge in [-0.2, -0.15) is 0 Å². The quantitative estimate of drug-likeness (QED) is 0.827. The molecule has 0 spiro atoms. The number of carbonyl (C=O) groups is 1. The molecule has 0 atom stereocenters. The molecule has 4 nitrogen and oxygen atoms in total. The maximum Gasteiger partial charge on any atom is 0.315 e. The van der Waals surface area contributed by atoms with Crippen LogP contribution in [0.4, 0.5) is 9.18 Å². The molecule has 1 saturated heterocycles. The average Bonchev–Trinajstić information content (AvgIpc) is 2.67. The van der Waals surface area contributed by atoms with Gasteiger partial charge in [0.25, 0.3) is 0 Å². The minimum atomic E-state index is -0.260. The summed E-state index contributed by atoms with van der Waals surface area (Å²) in [5, 5.41) is 6.48. The summed E-state index contributed by atoms with van der Waals surface area (Å²) in [6, 6.07) is 13.6. The van der Waals surface area contributed by atoms with Crippen molar-refractivity contribution in [2.45, 2.75) is 24.8 Å². The van der Waals surface area contributed by atoms with Gasteiger partial charge in [0.05, 0.1) is 0 Å². The molecule has 2 N–H and O–H groups in total. The highest BCUT2D eigenvalue weighted by molar-refractivity contribution is 6.30. The van der Waals surface area contributed by atoms with E-state index in [1.165, 1.54) is 12.1 Å². The van der Waals surface area contributed by atoms with Crippen LogP contribution in [0.5, 0.6) is 0 Å². The van der Waals surface area contributed by atoms with E-state index in [4.69, 9.17) is 16.3 Å². The first-order valence-corrected chi connectivity index (χ1v) is 9.05. The minimum absolute atomic E-state index is 0.229. The molecule has 1 fully saturated rings. The van der Waals surface area contributed by atoms with Gasteiger partial charge < -0.3 is 15.4 Å². The van der Waals surface area contributed by atoms with Crippen LogP contribution in [0.15, 0.2) is 48.5 Å². The summed E-state index contributed by atoms with van der Waals surface area (Å²) in [5.74, 6) is -0.260. The molecule has 2 aromatic rings. The van der Waals surface area contributed by atoms with Gasteiger partial charge in [-0.3, -0.25) is 0 Å². The number of nitrogens with one attached hydrogen (secondary N) is 2. The Kier molecular flexibility index (Phi) is 6.12. The van der Waals surface area contributed by atoms with E-state index in [2.05, 4.69) is 10.6 Å². The van der Waals surface area contributed by atoms with Crippen LogP contribution in [-0.4, -0.2) is 25.8 Å². The van der Waals surface area contributed by atoms with Crippen LogP contribution in [0.1, 0.15) is 24.0 Å². The largest absolute Gasteiger partial charge is 0.381 e. The van der Waals surface area contributed by atoms with Gasteiger partial charge in [0, 0.05) is 36.7 Å². The third kappa shape index (κ3) is 4.74. The van der Waals surface area contributed by atoms with E-state index in [1.54, 1.807) is 24.3 Å². The standard InChI is InChI=1S/C20H22ClFN2O2/c21-17-5-1-15(2-6-17)13-23-19(25)24-14-20(9-11-26-12-10-20)16-3-7-18(22)8-4-16/h1-8H,9-14H2,(H2,23,24,25). The van der Waals surface area contributed by atoms with Crippen molar-refractivity contribution in [3.8, 4) is 0 Å². The fourth-order valence-electron chi connectivity index (χ4n) is 3.23. The lowest BCUT2D eigenvalue weighted by atomic mass is 9.74. The van der Waals surface area contributed by atoms with E-state index < -0.39 is 0 Å². The maximum absolute atomic E-state index is 13.3.